The Bertz CT molecular complexity index is 745. The number of rotatable bonds is 8. The molecule has 1 atom stereocenters. The molecular formula is C20H23NO5. The maximum Gasteiger partial charge on any atom is 0.313 e. The highest BCUT2D eigenvalue weighted by Gasteiger charge is 2.21. The molecule has 26 heavy (non-hydrogen) atoms. The van der Waals surface area contributed by atoms with Crippen molar-refractivity contribution in [2.45, 2.75) is 19.3 Å². The molecule has 0 bridgehead atoms. The summed E-state index contributed by atoms with van der Waals surface area (Å²) in [6.07, 6.45) is 0.594. The van der Waals surface area contributed by atoms with Gasteiger partial charge in [0, 0.05) is 6.07 Å². The van der Waals surface area contributed by atoms with E-state index in [-0.39, 0.29) is 12.5 Å². The van der Waals surface area contributed by atoms with Crippen LogP contribution in [-0.2, 0) is 14.3 Å². The first kappa shape index (κ1) is 19.3. The lowest BCUT2D eigenvalue weighted by Gasteiger charge is -2.15. The summed E-state index contributed by atoms with van der Waals surface area (Å²) in [7, 11) is 3.04. The van der Waals surface area contributed by atoms with Crippen molar-refractivity contribution in [3.63, 3.8) is 0 Å². The Morgan fingerprint density at radius 2 is 1.77 bits per heavy atom. The molecule has 0 saturated heterocycles. The molecule has 2 rings (SSSR count). The Morgan fingerprint density at radius 1 is 1.04 bits per heavy atom. The van der Waals surface area contributed by atoms with Crippen molar-refractivity contribution in [2.75, 3.05) is 26.1 Å². The SMILES string of the molecule is CC[C@H](C(=O)OCC(=O)Nc1ccc(OC)cc1OC)c1ccccc1. The van der Waals surface area contributed by atoms with Gasteiger partial charge in [-0.2, -0.15) is 0 Å². The number of methoxy groups -OCH3 is 2. The van der Waals surface area contributed by atoms with Gasteiger partial charge in [-0.3, -0.25) is 9.59 Å². The van der Waals surface area contributed by atoms with E-state index in [0.717, 1.165) is 5.56 Å². The van der Waals surface area contributed by atoms with E-state index in [1.807, 2.05) is 37.3 Å². The molecule has 0 fully saturated rings. The Labute approximate surface area is 153 Å². The van der Waals surface area contributed by atoms with Crippen molar-refractivity contribution >= 4 is 17.6 Å². The number of hydrogen-bond donors (Lipinski definition) is 1. The number of benzene rings is 2. The molecule has 0 saturated carbocycles. The number of ether oxygens (including phenoxy) is 3. The van der Waals surface area contributed by atoms with E-state index in [4.69, 9.17) is 14.2 Å². The smallest absolute Gasteiger partial charge is 0.313 e. The fourth-order valence-electron chi connectivity index (χ4n) is 2.55. The number of hydrogen-bond acceptors (Lipinski definition) is 5. The summed E-state index contributed by atoms with van der Waals surface area (Å²) in [6, 6.07) is 14.4. The van der Waals surface area contributed by atoms with Gasteiger partial charge in [-0.05, 0) is 24.1 Å². The maximum atomic E-state index is 12.3. The van der Waals surface area contributed by atoms with Gasteiger partial charge in [0.2, 0.25) is 0 Å². The maximum absolute atomic E-state index is 12.3. The second kappa shape index (κ2) is 9.46. The van der Waals surface area contributed by atoms with Crippen LogP contribution in [0.25, 0.3) is 0 Å². The van der Waals surface area contributed by atoms with Crippen molar-refractivity contribution in [3.8, 4) is 11.5 Å². The van der Waals surface area contributed by atoms with E-state index in [2.05, 4.69) is 5.32 Å². The van der Waals surface area contributed by atoms with E-state index < -0.39 is 11.9 Å². The Kier molecular flexibility index (Phi) is 7.02. The van der Waals surface area contributed by atoms with Crippen molar-refractivity contribution in [2.24, 2.45) is 0 Å². The van der Waals surface area contributed by atoms with Crippen LogP contribution in [0.1, 0.15) is 24.8 Å². The van der Waals surface area contributed by atoms with E-state index in [0.29, 0.717) is 23.6 Å². The number of anilines is 1. The van der Waals surface area contributed by atoms with Crippen molar-refractivity contribution in [3.05, 3.63) is 54.1 Å². The molecule has 1 amide bonds. The van der Waals surface area contributed by atoms with Crippen molar-refractivity contribution < 1.29 is 23.8 Å². The van der Waals surface area contributed by atoms with E-state index in [9.17, 15) is 9.59 Å². The summed E-state index contributed by atoms with van der Waals surface area (Å²) in [5.74, 6) is -0.181. The third kappa shape index (κ3) is 4.99. The molecule has 0 heterocycles. The first-order valence-corrected chi connectivity index (χ1v) is 8.32. The van der Waals surface area contributed by atoms with Gasteiger partial charge < -0.3 is 19.5 Å². The number of carbonyl (C=O) groups excluding carboxylic acids is 2. The van der Waals surface area contributed by atoms with Gasteiger partial charge in [-0.1, -0.05) is 37.3 Å². The second-order valence-electron chi connectivity index (χ2n) is 5.59. The predicted molar refractivity (Wildman–Crippen MR) is 98.6 cm³/mol. The van der Waals surface area contributed by atoms with Crippen LogP contribution in [0.3, 0.4) is 0 Å². The minimum Gasteiger partial charge on any atom is -0.497 e. The molecule has 0 spiro atoms. The van der Waals surface area contributed by atoms with Crippen LogP contribution >= 0.6 is 0 Å². The highest BCUT2D eigenvalue weighted by Crippen LogP contribution is 2.29. The molecule has 0 aromatic heterocycles. The molecule has 0 unspecified atom stereocenters. The zero-order valence-corrected chi connectivity index (χ0v) is 15.2. The number of amides is 1. The molecule has 0 aliphatic heterocycles. The van der Waals surface area contributed by atoms with Gasteiger partial charge in [-0.25, -0.2) is 0 Å². The molecule has 6 heteroatoms. The van der Waals surface area contributed by atoms with E-state index >= 15 is 0 Å². The Morgan fingerprint density at radius 3 is 2.38 bits per heavy atom. The van der Waals surface area contributed by atoms with Crippen molar-refractivity contribution in [1.82, 2.24) is 0 Å². The van der Waals surface area contributed by atoms with Crippen LogP contribution in [0.4, 0.5) is 5.69 Å². The van der Waals surface area contributed by atoms with Crippen LogP contribution in [0.5, 0.6) is 11.5 Å². The number of carbonyl (C=O) groups is 2. The first-order valence-electron chi connectivity index (χ1n) is 8.32. The highest BCUT2D eigenvalue weighted by molar-refractivity contribution is 5.94. The van der Waals surface area contributed by atoms with Crippen LogP contribution < -0.4 is 14.8 Å². The van der Waals surface area contributed by atoms with Gasteiger partial charge in [0.05, 0.1) is 25.8 Å². The third-order valence-electron chi connectivity index (χ3n) is 3.92. The summed E-state index contributed by atoms with van der Waals surface area (Å²) in [5, 5.41) is 2.67. The topological polar surface area (TPSA) is 73.9 Å². The fraction of sp³-hybridized carbons (Fsp3) is 0.300. The van der Waals surface area contributed by atoms with Gasteiger partial charge >= 0.3 is 5.97 Å². The molecule has 0 aliphatic rings. The highest BCUT2D eigenvalue weighted by atomic mass is 16.5. The number of esters is 1. The zero-order chi connectivity index (χ0) is 18.9. The van der Waals surface area contributed by atoms with Crippen LogP contribution in [0.15, 0.2) is 48.5 Å². The normalized spacial score (nSPS) is 11.3. The quantitative estimate of drug-likeness (QED) is 0.733. The minimum atomic E-state index is -0.440. The number of nitrogens with one attached hydrogen (secondary N) is 1. The predicted octanol–water partition coefficient (Wildman–Crippen LogP) is 3.38. The average molecular weight is 357 g/mol. The average Bonchev–Trinajstić information content (AvgIpc) is 2.68. The lowest BCUT2D eigenvalue weighted by atomic mass is 9.97. The molecule has 2 aromatic carbocycles. The van der Waals surface area contributed by atoms with Crippen LogP contribution in [-0.4, -0.2) is 32.7 Å². The van der Waals surface area contributed by atoms with Gasteiger partial charge in [-0.15, -0.1) is 0 Å². The van der Waals surface area contributed by atoms with E-state index in [1.165, 1.54) is 7.11 Å². The molecule has 1 N–H and O–H groups in total. The van der Waals surface area contributed by atoms with Gasteiger partial charge in [0.25, 0.3) is 5.91 Å². The minimum absolute atomic E-state index is 0.364. The molecule has 0 aliphatic carbocycles. The summed E-state index contributed by atoms with van der Waals surface area (Å²) < 4.78 is 15.5. The largest absolute Gasteiger partial charge is 0.497 e. The molecule has 0 radical (unpaired) electrons. The Balaban J connectivity index is 1.95. The lowest BCUT2D eigenvalue weighted by Crippen LogP contribution is -2.24. The monoisotopic (exact) mass is 357 g/mol. The second-order valence-corrected chi connectivity index (χ2v) is 5.59. The van der Waals surface area contributed by atoms with Crippen LogP contribution in [0.2, 0.25) is 0 Å². The third-order valence-corrected chi connectivity index (χ3v) is 3.92. The first-order chi connectivity index (χ1) is 12.6. The molecule has 6 nitrogen and oxygen atoms in total. The summed E-state index contributed by atoms with van der Waals surface area (Å²) >= 11 is 0. The molecule has 138 valence electrons. The lowest BCUT2D eigenvalue weighted by molar-refractivity contribution is -0.149. The van der Waals surface area contributed by atoms with Gasteiger partial charge in [0.1, 0.15) is 11.5 Å². The summed E-state index contributed by atoms with van der Waals surface area (Å²) in [6.45, 7) is 1.54. The Hall–Kier alpha value is -3.02. The van der Waals surface area contributed by atoms with E-state index in [1.54, 1.807) is 25.3 Å². The fourth-order valence-corrected chi connectivity index (χ4v) is 2.55. The van der Waals surface area contributed by atoms with Gasteiger partial charge in [0.15, 0.2) is 6.61 Å². The zero-order valence-electron chi connectivity index (χ0n) is 15.2. The van der Waals surface area contributed by atoms with Crippen LogP contribution in [0, 0.1) is 0 Å². The van der Waals surface area contributed by atoms with Crippen molar-refractivity contribution in [1.29, 1.82) is 0 Å². The summed E-state index contributed by atoms with van der Waals surface area (Å²) in [4.78, 5) is 24.4. The standard InChI is InChI=1S/C20H23NO5/c1-4-16(14-8-6-5-7-9-14)20(23)26-13-19(22)21-17-11-10-15(24-2)12-18(17)25-3/h5-12,16H,4,13H2,1-3H3,(H,21,22)/t16-/m0/s1. The molecule has 2 aromatic rings. The molecular weight excluding hydrogens is 334 g/mol. The summed E-state index contributed by atoms with van der Waals surface area (Å²) in [5.41, 5.74) is 1.35.